The van der Waals surface area contributed by atoms with Gasteiger partial charge in [0.25, 0.3) is 5.16 Å². The molecule has 9 heavy (non-hydrogen) atoms. The average Bonchev–Trinajstić information content (AvgIpc) is 1.79. The van der Waals surface area contributed by atoms with Gasteiger partial charge in [-0.15, -0.1) is 0 Å². The molecular formula is C3HFO4S. The first-order chi connectivity index (χ1) is 4.02. The summed E-state index contributed by atoms with van der Waals surface area (Å²) in [4.78, 5) is 9.95. The van der Waals surface area contributed by atoms with Gasteiger partial charge in [-0.2, -0.15) is 12.8 Å². The zero-order valence-electron chi connectivity index (χ0n) is 4.00. The van der Waals surface area contributed by atoms with Crippen LogP contribution in [0, 0.1) is 0 Å². The summed E-state index contributed by atoms with van der Waals surface area (Å²) in [5.41, 5.74) is 0. The third-order valence-corrected chi connectivity index (χ3v) is 1.64. The SMILES string of the molecule is O=C1C=C(F)S(=O)(=O)O1. The van der Waals surface area contributed by atoms with E-state index in [1.54, 1.807) is 0 Å². The molecule has 0 N–H and O–H groups in total. The summed E-state index contributed by atoms with van der Waals surface area (Å²) < 4.78 is 35.6. The van der Waals surface area contributed by atoms with E-state index in [9.17, 15) is 17.6 Å². The number of carbonyl (C=O) groups excluding carboxylic acids is 1. The lowest BCUT2D eigenvalue weighted by atomic mass is 10.7. The first kappa shape index (κ1) is 6.21. The summed E-state index contributed by atoms with van der Waals surface area (Å²) in [5, 5.41) is -1.53. The summed E-state index contributed by atoms with van der Waals surface area (Å²) in [6.45, 7) is 0. The fourth-order valence-corrected chi connectivity index (χ4v) is 0.921. The van der Waals surface area contributed by atoms with Crippen molar-refractivity contribution in [1.82, 2.24) is 0 Å². The predicted octanol–water partition coefficient (Wildman–Crippen LogP) is -0.316. The maximum atomic E-state index is 11.9. The van der Waals surface area contributed by atoms with Gasteiger partial charge >= 0.3 is 16.1 Å². The Morgan fingerprint density at radius 2 is 2.11 bits per heavy atom. The van der Waals surface area contributed by atoms with Crippen LogP contribution >= 0.6 is 0 Å². The van der Waals surface area contributed by atoms with Crippen molar-refractivity contribution in [1.29, 1.82) is 0 Å². The number of halogens is 1. The van der Waals surface area contributed by atoms with Crippen molar-refractivity contribution in [3.8, 4) is 0 Å². The van der Waals surface area contributed by atoms with Crippen LogP contribution in [0.15, 0.2) is 11.2 Å². The summed E-state index contributed by atoms with van der Waals surface area (Å²) >= 11 is 0. The Balaban J connectivity index is 3.19. The number of rotatable bonds is 0. The molecule has 0 saturated carbocycles. The molecule has 1 aliphatic rings. The van der Waals surface area contributed by atoms with Crippen molar-refractivity contribution in [2.75, 3.05) is 0 Å². The van der Waals surface area contributed by atoms with Gasteiger partial charge in [-0.25, -0.2) is 4.79 Å². The van der Waals surface area contributed by atoms with E-state index in [0.29, 0.717) is 0 Å². The van der Waals surface area contributed by atoms with E-state index in [1.807, 2.05) is 0 Å². The highest BCUT2D eigenvalue weighted by Crippen LogP contribution is 2.17. The fourth-order valence-electron chi connectivity index (χ4n) is 0.337. The molecule has 50 valence electrons. The van der Waals surface area contributed by atoms with Gasteiger partial charge in [-0.1, -0.05) is 0 Å². The smallest absolute Gasteiger partial charge is 0.337 e. The Morgan fingerprint density at radius 3 is 2.22 bits per heavy atom. The monoisotopic (exact) mass is 152 g/mol. The lowest BCUT2D eigenvalue weighted by molar-refractivity contribution is -0.127. The normalized spacial score (nSPS) is 23.2. The molecule has 6 heteroatoms. The Bertz CT molecular complexity index is 274. The molecule has 1 rings (SSSR count). The van der Waals surface area contributed by atoms with Crippen molar-refractivity contribution in [2.45, 2.75) is 0 Å². The quantitative estimate of drug-likeness (QED) is 0.446. The Hall–Kier alpha value is -0.910. The molecule has 0 saturated heterocycles. The number of hydrogen-bond acceptors (Lipinski definition) is 4. The van der Waals surface area contributed by atoms with Crippen molar-refractivity contribution in [3.05, 3.63) is 11.2 Å². The van der Waals surface area contributed by atoms with Gasteiger partial charge in [0.05, 0.1) is 6.08 Å². The Morgan fingerprint density at radius 1 is 1.56 bits per heavy atom. The molecular weight excluding hydrogens is 151 g/mol. The lowest BCUT2D eigenvalue weighted by Crippen LogP contribution is -2.00. The maximum absolute atomic E-state index is 11.9. The van der Waals surface area contributed by atoms with Gasteiger partial charge < -0.3 is 4.18 Å². The van der Waals surface area contributed by atoms with Crippen molar-refractivity contribution >= 4 is 16.1 Å². The van der Waals surface area contributed by atoms with Crippen LogP contribution < -0.4 is 0 Å². The molecule has 0 aromatic carbocycles. The molecule has 0 aliphatic carbocycles. The number of carbonyl (C=O) groups is 1. The van der Waals surface area contributed by atoms with Crippen molar-refractivity contribution < 1.29 is 21.8 Å². The zero-order chi connectivity index (χ0) is 7.07. The molecule has 0 bridgehead atoms. The van der Waals surface area contributed by atoms with Crippen LogP contribution in [0.1, 0.15) is 0 Å². The second-order valence-corrected chi connectivity index (χ2v) is 2.77. The van der Waals surface area contributed by atoms with Crippen LogP contribution in [-0.4, -0.2) is 14.4 Å². The van der Waals surface area contributed by atoms with E-state index in [0.717, 1.165) is 0 Å². The molecule has 0 fully saturated rings. The summed E-state index contributed by atoms with van der Waals surface area (Å²) in [6.07, 6.45) is 0.273. The molecule has 4 nitrogen and oxygen atoms in total. The first-order valence-electron chi connectivity index (χ1n) is 1.88. The first-order valence-corrected chi connectivity index (χ1v) is 3.29. The van der Waals surface area contributed by atoms with E-state index in [4.69, 9.17) is 0 Å². The highest BCUT2D eigenvalue weighted by molar-refractivity contribution is 7.91. The molecule has 1 aliphatic heterocycles. The second kappa shape index (κ2) is 1.53. The van der Waals surface area contributed by atoms with Gasteiger partial charge in [0.2, 0.25) is 0 Å². The lowest BCUT2D eigenvalue weighted by Gasteiger charge is -1.87. The zero-order valence-corrected chi connectivity index (χ0v) is 4.81. The molecule has 0 amide bonds. The maximum Gasteiger partial charge on any atom is 0.369 e. The molecule has 0 aromatic heterocycles. The summed E-state index contributed by atoms with van der Waals surface area (Å²) in [5.74, 6) is -1.19. The average molecular weight is 152 g/mol. The van der Waals surface area contributed by atoms with Crippen LogP contribution in [0.4, 0.5) is 4.39 Å². The van der Waals surface area contributed by atoms with Gasteiger partial charge in [-0.05, 0) is 0 Å². The van der Waals surface area contributed by atoms with Gasteiger partial charge in [-0.3, -0.25) is 0 Å². The minimum atomic E-state index is -4.33. The van der Waals surface area contributed by atoms with E-state index < -0.39 is 21.2 Å². The second-order valence-electron chi connectivity index (χ2n) is 1.30. The van der Waals surface area contributed by atoms with Crippen LogP contribution in [0.3, 0.4) is 0 Å². The summed E-state index contributed by atoms with van der Waals surface area (Å²) in [7, 11) is -4.33. The van der Waals surface area contributed by atoms with E-state index in [-0.39, 0.29) is 6.08 Å². The van der Waals surface area contributed by atoms with Crippen LogP contribution in [0.2, 0.25) is 0 Å². The van der Waals surface area contributed by atoms with Gasteiger partial charge in [0.15, 0.2) is 0 Å². The molecule has 1 heterocycles. The van der Waals surface area contributed by atoms with Gasteiger partial charge in [0, 0.05) is 0 Å². The van der Waals surface area contributed by atoms with Crippen LogP contribution in [0.5, 0.6) is 0 Å². The minimum absolute atomic E-state index is 0.273. The van der Waals surface area contributed by atoms with E-state index in [1.165, 1.54) is 0 Å². The predicted molar refractivity (Wildman–Crippen MR) is 24.2 cm³/mol. The van der Waals surface area contributed by atoms with Crippen LogP contribution in [-0.2, 0) is 19.1 Å². The van der Waals surface area contributed by atoms with Gasteiger partial charge in [0.1, 0.15) is 0 Å². The standard InChI is InChI=1S/C3HFO4S/c4-2-1-3(5)8-9(2,6)7/h1H. The Kier molecular flexibility index (Phi) is 1.06. The summed E-state index contributed by atoms with van der Waals surface area (Å²) in [6, 6.07) is 0. The van der Waals surface area contributed by atoms with E-state index >= 15 is 0 Å². The third kappa shape index (κ3) is 0.925. The van der Waals surface area contributed by atoms with Crippen molar-refractivity contribution in [3.63, 3.8) is 0 Å². The highest BCUT2D eigenvalue weighted by atomic mass is 32.2. The molecule has 0 atom stereocenters. The minimum Gasteiger partial charge on any atom is -0.337 e. The van der Waals surface area contributed by atoms with E-state index in [2.05, 4.69) is 4.18 Å². The molecule has 0 aromatic rings. The fraction of sp³-hybridized carbons (Fsp3) is 0. The number of hydrogen-bond donors (Lipinski definition) is 0. The Labute approximate surface area is 50.0 Å². The molecule has 0 radical (unpaired) electrons. The molecule has 0 spiro atoms. The molecule has 0 unspecified atom stereocenters. The van der Waals surface area contributed by atoms with Crippen molar-refractivity contribution in [2.24, 2.45) is 0 Å². The van der Waals surface area contributed by atoms with Crippen LogP contribution in [0.25, 0.3) is 0 Å². The highest BCUT2D eigenvalue weighted by Gasteiger charge is 2.30. The third-order valence-electron chi connectivity index (χ3n) is 0.662. The topological polar surface area (TPSA) is 60.4 Å². The largest absolute Gasteiger partial charge is 0.369 e.